The van der Waals surface area contributed by atoms with Crippen LogP contribution in [0.25, 0.3) is 10.8 Å². The van der Waals surface area contributed by atoms with E-state index in [2.05, 4.69) is 36.9 Å². The first-order valence-corrected chi connectivity index (χ1v) is 15.7. The van der Waals surface area contributed by atoms with E-state index in [-0.39, 0.29) is 42.9 Å². The fraction of sp³-hybridized carbons (Fsp3) is 0.394. The van der Waals surface area contributed by atoms with E-state index in [4.69, 9.17) is 31.0 Å². The molecule has 0 aliphatic carbocycles. The minimum Gasteiger partial charge on any atom is -0.458 e. The van der Waals surface area contributed by atoms with Gasteiger partial charge in [0.05, 0.1) is 49.6 Å². The molecule has 13 heteroatoms. The van der Waals surface area contributed by atoms with Crippen molar-refractivity contribution in [1.29, 1.82) is 5.26 Å². The van der Waals surface area contributed by atoms with Gasteiger partial charge in [-0.1, -0.05) is 36.4 Å². The van der Waals surface area contributed by atoms with Crippen molar-refractivity contribution in [2.45, 2.75) is 44.5 Å². The van der Waals surface area contributed by atoms with E-state index in [1.807, 2.05) is 24.4 Å². The highest BCUT2D eigenvalue weighted by atomic mass is 35.5. The molecule has 1 saturated heterocycles. The molecule has 2 aromatic carbocycles. The Kier molecular flexibility index (Phi) is 8.46. The summed E-state index contributed by atoms with van der Waals surface area (Å²) in [5.41, 5.74) is 2.69. The molecular weight excluding hydrogens is 614 g/mol. The van der Waals surface area contributed by atoms with Crippen molar-refractivity contribution in [2.75, 3.05) is 49.3 Å². The topological polar surface area (TPSA) is 95.6 Å². The summed E-state index contributed by atoms with van der Waals surface area (Å²) in [6.45, 7) is 6.84. The van der Waals surface area contributed by atoms with Crippen LogP contribution in [-0.4, -0.2) is 76.1 Å². The average Bonchev–Trinajstić information content (AvgIpc) is 3.65. The molecule has 238 valence electrons. The molecule has 2 aromatic heterocycles. The zero-order valence-corrected chi connectivity index (χ0v) is 26.0. The Morgan fingerprint density at radius 3 is 2.85 bits per heavy atom. The van der Waals surface area contributed by atoms with Gasteiger partial charge in [0.1, 0.15) is 29.4 Å². The second-order valence-electron chi connectivity index (χ2n) is 11.9. The van der Waals surface area contributed by atoms with Gasteiger partial charge in [-0.3, -0.25) is 4.90 Å². The van der Waals surface area contributed by atoms with E-state index >= 15 is 0 Å². The number of aromatic nitrogens is 4. The number of hydrogen-bond acceptors (Lipinski definition) is 9. The molecule has 0 N–H and O–H groups in total. The number of fused-ring (bicyclic) bond motifs is 3. The quantitative estimate of drug-likeness (QED) is 0.248. The Hall–Kier alpha value is -4.31. The molecular formula is C33H33ClF2N8O2. The van der Waals surface area contributed by atoms with E-state index in [0.29, 0.717) is 57.5 Å². The Morgan fingerprint density at radius 2 is 2.02 bits per heavy atom. The zero-order chi connectivity index (χ0) is 31.8. The number of rotatable bonds is 9. The first-order chi connectivity index (χ1) is 22.4. The number of ether oxygens (including phenoxy) is 2. The molecule has 7 rings (SSSR count). The number of anilines is 2. The van der Waals surface area contributed by atoms with Gasteiger partial charge >= 0.3 is 6.01 Å². The predicted octanol–water partition coefficient (Wildman–Crippen LogP) is 5.05. The summed E-state index contributed by atoms with van der Waals surface area (Å²) in [6.07, 6.45) is 5.17. The van der Waals surface area contributed by atoms with Crippen LogP contribution in [0.3, 0.4) is 0 Å². The third-order valence-electron chi connectivity index (χ3n) is 8.91. The Morgan fingerprint density at radius 1 is 1.13 bits per heavy atom. The van der Waals surface area contributed by atoms with Crippen molar-refractivity contribution in [3.8, 4) is 12.1 Å². The standard InChI is InChI=1S/C33H33ClF2N8O2/c1-21(35)19-45-20-44-14-13-43(16-23(44)7-9-37)32-25-8-11-41(28-4-2-3-22-5-6-26(36)31(34)30(22)28)18-27(25)39-33(40-32)46-24-15-29-38-10-12-42(29)17-24/h2-6,10,12,23-24H,1,7-8,11,13-20H2/t23-,24?/m0/s1. The van der Waals surface area contributed by atoms with Gasteiger partial charge in [-0.2, -0.15) is 15.2 Å². The van der Waals surface area contributed by atoms with Crippen molar-refractivity contribution >= 4 is 33.9 Å². The van der Waals surface area contributed by atoms with E-state index in [1.165, 1.54) is 6.07 Å². The van der Waals surface area contributed by atoms with Crippen LogP contribution in [0.1, 0.15) is 23.5 Å². The number of nitrogens with zero attached hydrogens (tertiary/aromatic N) is 8. The van der Waals surface area contributed by atoms with Gasteiger partial charge in [-0.15, -0.1) is 0 Å². The number of benzene rings is 2. The molecule has 3 aliphatic heterocycles. The highest BCUT2D eigenvalue weighted by Crippen LogP contribution is 2.38. The summed E-state index contributed by atoms with van der Waals surface area (Å²) in [4.78, 5) is 20.8. The molecule has 0 radical (unpaired) electrons. The fourth-order valence-corrected chi connectivity index (χ4v) is 6.97. The second kappa shape index (κ2) is 12.8. The van der Waals surface area contributed by atoms with Gasteiger partial charge in [-0.05, 0) is 23.9 Å². The highest BCUT2D eigenvalue weighted by molar-refractivity contribution is 6.36. The predicted molar refractivity (Wildman–Crippen MR) is 170 cm³/mol. The normalized spacial score (nSPS) is 19.6. The molecule has 5 heterocycles. The number of halogens is 3. The summed E-state index contributed by atoms with van der Waals surface area (Å²) in [6, 6.07) is 11.4. The summed E-state index contributed by atoms with van der Waals surface area (Å²) in [5, 5.41) is 11.2. The summed E-state index contributed by atoms with van der Waals surface area (Å²) in [7, 11) is 0. The number of nitriles is 1. The van der Waals surface area contributed by atoms with Crippen molar-refractivity contribution < 1.29 is 18.3 Å². The minimum atomic E-state index is -0.536. The summed E-state index contributed by atoms with van der Waals surface area (Å²) < 4.78 is 41.7. The van der Waals surface area contributed by atoms with Gasteiger partial charge in [-0.25, -0.2) is 13.8 Å². The first-order valence-electron chi connectivity index (χ1n) is 15.3. The van der Waals surface area contributed by atoms with Crippen LogP contribution in [0.4, 0.5) is 20.3 Å². The lowest BCUT2D eigenvalue weighted by Crippen LogP contribution is -2.54. The Labute approximate surface area is 270 Å². The van der Waals surface area contributed by atoms with Crippen molar-refractivity contribution in [3.05, 3.63) is 83.1 Å². The molecule has 0 spiro atoms. The van der Waals surface area contributed by atoms with Crippen LogP contribution in [0.2, 0.25) is 5.02 Å². The van der Waals surface area contributed by atoms with Gasteiger partial charge in [0.2, 0.25) is 0 Å². The number of piperazine rings is 1. The molecule has 0 bridgehead atoms. The molecule has 1 unspecified atom stereocenters. The molecule has 2 atom stereocenters. The van der Waals surface area contributed by atoms with E-state index in [9.17, 15) is 14.0 Å². The number of imidazole rings is 1. The summed E-state index contributed by atoms with van der Waals surface area (Å²) >= 11 is 6.51. The third-order valence-corrected chi connectivity index (χ3v) is 9.28. The van der Waals surface area contributed by atoms with Gasteiger partial charge < -0.3 is 23.8 Å². The first kappa shape index (κ1) is 30.3. The smallest absolute Gasteiger partial charge is 0.319 e. The maximum absolute atomic E-state index is 14.6. The molecule has 10 nitrogen and oxygen atoms in total. The molecule has 3 aliphatic rings. The van der Waals surface area contributed by atoms with E-state index in [1.54, 1.807) is 12.3 Å². The average molecular weight is 647 g/mol. The Bertz CT molecular complexity index is 1810. The SMILES string of the molecule is C=C(F)COCN1CCN(c2nc(OC3Cc4nccn4C3)nc3c2CCN(c2cccc4ccc(F)c(Cl)c24)C3)C[C@@H]1CC#N. The molecule has 0 amide bonds. The lowest BCUT2D eigenvalue weighted by atomic mass is 10.0. The molecule has 0 saturated carbocycles. The van der Waals surface area contributed by atoms with Gasteiger partial charge in [0, 0.05) is 67.7 Å². The maximum Gasteiger partial charge on any atom is 0.319 e. The highest BCUT2D eigenvalue weighted by Gasteiger charge is 2.33. The van der Waals surface area contributed by atoms with Gasteiger partial charge in [0.15, 0.2) is 0 Å². The fourth-order valence-electron chi connectivity index (χ4n) is 6.70. The van der Waals surface area contributed by atoms with Crippen molar-refractivity contribution in [3.63, 3.8) is 0 Å². The lowest BCUT2D eigenvalue weighted by Gasteiger charge is -2.42. The summed E-state index contributed by atoms with van der Waals surface area (Å²) in [5.74, 6) is 0.759. The second-order valence-corrected chi connectivity index (χ2v) is 12.3. The third kappa shape index (κ3) is 5.98. The molecule has 1 fully saturated rings. The zero-order valence-electron chi connectivity index (χ0n) is 25.2. The van der Waals surface area contributed by atoms with E-state index < -0.39 is 11.6 Å². The van der Waals surface area contributed by atoms with Crippen molar-refractivity contribution in [2.24, 2.45) is 0 Å². The van der Waals surface area contributed by atoms with Crippen LogP contribution in [-0.2, 0) is 30.7 Å². The van der Waals surface area contributed by atoms with Crippen LogP contribution < -0.4 is 14.5 Å². The van der Waals surface area contributed by atoms with Crippen LogP contribution in [0.5, 0.6) is 6.01 Å². The van der Waals surface area contributed by atoms with Crippen LogP contribution in [0, 0.1) is 17.1 Å². The van der Waals surface area contributed by atoms with Crippen molar-refractivity contribution in [1.82, 2.24) is 24.4 Å². The minimum absolute atomic E-state index is 0.103. The molecule has 46 heavy (non-hydrogen) atoms. The van der Waals surface area contributed by atoms with Crippen LogP contribution in [0.15, 0.2) is 55.1 Å². The molecule has 4 aromatic rings. The van der Waals surface area contributed by atoms with Crippen LogP contribution >= 0.6 is 11.6 Å². The van der Waals surface area contributed by atoms with Gasteiger partial charge in [0.25, 0.3) is 0 Å². The largest absolute Gasteiger partial charge is 0.458 e. The Balaban J connectivity index is 1.20. The van der Waals surface area contributed by atoms with E-state index in [0.717, 1.165) is 34.0 Å². The maximum atomic E-state index is 14.6. The lowest BCUT2D eigenvalue weighted by molar-refractivity contribution is 0.00582. The number of hydrogen-bond donors (Lipinski definition) is 0. The monoisotopic (exact) mass is 646 g/mol.